The number of carbonyl (C=O) groups excluding carboxylic acids is 1. The fourth-order valence-electron chi connectivity index (χ4n) is 2.93. The number of hydrogen-bond donors (Lipinski definition) is 2. The van der Waals surface area contributed by atoms with Gasteiger partial charge >= 0.3 is 6.03 Å². The number of hydrogen-bond acceptors (Lipinski definition) is 2. The first-order valence-corrected chi connectivity index (χ1v) is 7.98. The minimum absolute atomic E-state index is 0.0268. The van der Waals surface area contributed by atoms with E-state index < -0.39 is 23.8 Å². The molecule has 1 aromatic rings. The van der Waals surface area contributed by atoms with Gasteiger partial charge in [-0.25, -0.2) is 13.6 Å². The van der Waals surface area contributed by atoms with E-state index in [0.29, 0.717) is 18.7 Å². The van der Waals surface area contributed by atoms with E-state index in [4.69, 9.17) is 0 Å². The number of amides is 2. The Labute approximate surface area is 135 Å². The zero-order valence-electron chi connectivity index (χ0n) is 13.7. The highest BCUT2D eigenvalue weighted by Crippen LogP contribution is 2.25. The largest absolute Gasteiger partial charge is 0.393 e. The van der Waals surface area contributed by atoms with Crippen LogP contribution in [0.2, 0.25) is 0 Å². The van der Waals surface area contributed by atoms with Crippen LogP contribution >= 0.6 is 0 Å². The Morgan fingerprint density at radius 1 is 1.30 bits per heavy atom. The van der Waals surface area contributed by atoms with Crippen LogP contribution in [0.4, 0.5) is 13.6 Å². The van der Waals surface area contributed by atoms with Crippen molar-refractivity contribution in [3.63, 3.8) is 0 Å². The van der Waals surface area contributed by atoms with E-state index in [9.17, 15) is 18.7 Å². The van der Waals surface area contributed by atoms with E-state index in [0.717, 1.165) is 18.6 Å². The molecule has 2 rings (SSSR count). The number of nitrogens with zero attached hydrogens (tertiary/aromatic N) is 1. The number of carbonyl (C=O) groups is 1. The third-order valence-electron chi connectivity index (χ3n) is 4.44. The number of aliphatic hydroxyl groups excluding tert-OH is 1. The topological polar surface area (TPSA) is 52.6 Å². The molecule has 1 aliphatic heterocycles. The molecular formula is C17H24F2N2O2. The van der Waals surface area contributed by atoms with Crippen molar-refractivity contribution in [3.8, 4) is 0 Å². The van der Waals surface area contributed by atoms with Crippen LogP contribution in [0.25, 0.3) is 0 Å². The lowest BCUT2D eigenvalue weighted by molar-refractivity contribution is 0.128. The minimum Gasteiger partial charge on any atom is -0.393 e. The molecule has 1 fully saturated rings. The van der Waals surface area contributed by atoms with Crippen molar-refractivity contribution < 1.29 is 18.7 Å². The molecule has 0 aliphatic carbocycles. The van der Waals surface area contributed by atoms with Crippen LogP contribution in [0.3, 0.4) is 0 Å². The molecule has 0 aromatic heterocycles. The monoisotopic (exact) mass is 326 g/mol. The smallest absolute Gasteiger partial charge is 0.317 e. The van der Waals surface area contributed by atoms with Gasteiger partial charge in [0.15, 0.2) is 11.6 Å². The first-order valence-electron chi connectivity index (χ1n) is 7.98. The fourth-order valence-corrected chi connectivity index (χ4v) is 2.93. The van der Waals surface area contributed by atoms with Crippen LogP contribution in [-0.2, 0) is 0 Å². The predicted molar refractivity (Wildman–Crippen MR) is 83.8 cm³/mol. The second kappa shape index (κ2) is 7.25. The average Bonchev–Trinajstić information content (AvgIpc) is 2.97. The van der Waals surface area contributed by atoms with Gasteiger partial charge in [0.2, 0.25) is 0 Å². The highest BCUT2D eigenvalue weighted by Gasteiger charge is 2.30. The number of rotatable bonds is 4. The van der Waals surface area contributed by atoms with Gasteiger partial charge in [0.1, 0.15) is 0 Å². The Morgan fingerprint density at radius 3 is 2.52 bits per heavy atom. The van der Waals surface area contributed by atoms with Gasteiger partial charge in [-0.1, -0.05) is 19.9 Å². The molecule has 6 heteroatoms. The molecule has 1 heterocycles. The second-order valence-corrected chi connectivity index (χ2v) is 6.58. The summed E-state index contributed by atoms with van der Waals surface area (Å²) in [4.78, 5) is 14.1. The second-order valence-electron chi connectivity index (χ2n) is 6.58. The lowest BCUT2D eigenvalue weighted by Gasteiger charge is -2.26. The Balaban J connectivity index is 2.08. The highest BCUT2D eigenvalue weighted by molar-refractivity contribution is 5.75. The van der Waals surface area contributed by atoms with Crippen molar-refractivity contribution in [2.75, 3.05) is 13.1 Å². The molecule has 0 spiro atoms. The van der Waals surface area contributed by atoms with E-state index in [1.54, 1.807) is 11.8 Å². The van der Waals surface area contributed by atoms with Crippen molar-refractivity contribution >= 4 is 6.03 Å². The van der Waals surface area contributed by atoms with Gasteiger partial charge in [0.05, 0.1) is 12.1 Å². The Morgan fingerprint density at radius 2 is 2.00 bits per heavy atom. The van der Waals surface area contributed by atoms with E-state index >= 15 is 0 Å². The summed E-state index contributed by atoms with van der Waals surface area (Å²) < 4.78 is 26.6. The normalized spacial score (nSPS) is 20.7. The maximum Gasteiger partial charge on any atom is 0.317 e. The van der Waals surface area contributed by atoms with Crippen molar-refractivity contribution in [1.29, 1.82) is 0 Å². The van der Waals surface area contributed by atoms with Crippen LogP contribution in [0, 0.1) is 23.5 Å². The van der Waals surface area contributed by atoms with Gasteiger partial charge < -0.3 is 15.3 Å². The number of nitrogens with one attached hydrogen (secondary N) is 1. The van der Waals surface area contributed by atoms with Crippen LogP contribution in [0.1, 0.15) is 38.8 Å². The predicted octanol–water partition coefficient (Wildman–Crippen LogP) is 3.07. The third-order valence-corrected chi connectivity index (χ3v) is 4.44. The molecule has 128 valence electrons. The van der Waals surface area contributed by atoms with Crippen molar-refractivity contribution in [3.05, 3.63) is 35.4 Å². The average molecular weight is 326 g/mol. The first-order chi connectivity index (χ1) is 10.8. The van der Waals surface area contributed by atoms with Crippen LogP contribution < -0.4 is 5.32 Å². The molecule has 3 atom stereocenters. The summed E-state index contributed by atoms with van der Waals surface area (Å²) in [6, 6.07) is 3.06. The number of aliphatic hydroxyl groups is 1. The summed E-state index contributed by atoms with van der Waals surface area (Å²) in [6.45, 7) is 6.64. The van der Waals surface area contributed by atoms with Gasteiger partial charge in [-0.15, -0.1) is 0 Å². The summed E-state index contributed by atoms with van der Waals surface area (Å²) in [5.74, 6) is -1.71. The molecule has 0 saturated carbocycles. The van der Waals surface area contributed by atoms with Gasteiger partial charge in [-0.2, -0.15) is 0 Å². The highest BCUT2D eigenvalue weighted by atomic mass is 19.2. The summed E-state index contributed by atoms with van der Waals surface area (Å²) in [7, 11) is 0. The van der Waals surface area contributed by atoms with Crippen molar-refractivity contribution in [2.45, 2.75) is 39.3 Å². The molecule has 2 N–H and O–H groups in total. The van der Waals surface area contributed by atoms with E-state index in [2.05, 4.69) is 5.32 Å². The van der Waals surface area contributed by atoms with E-state index in [1.807, 2.05) is 13.8 Å². The molecule has 23 heavy (non-hydrogen) atoms. The molecule has 0 unspecified atom stereocenters. The Kier molecular flexibility index (Phi) is 5.57. The maximum absolute atomic E-state index is 13.5. The maximum atomic E-state index is 13.5. The lowest BCUT2D eigenvalue weighted by Crippen LogP contribution is -2.42. The zero-order valence-corrected chi connectivity index (χ0v) is 13.7. The Bertz CT molecular complexity index is 564. The van der Waals surface area contributed by atoms with Gasteiger partial charge in [0, 0.05) is 19.0 Å². The van der Waals surface area contributed by atoms with Gasteiger partial charge in [0.25, 0.3) is 0 Å². The molecule has 4 nitrogen and oxygen atoms in total. The van der Waals surface area contributed by atoms with Crippen LogP contribution in [-0.4, -0.2) is 35.2 Å². The van der Waals surface area contributed by atoms with Crippen molar-refractivity contribution in [2.24, 2.45) is 11.8 Å². The quantitative estimate of drug-likeness (QED) is 0.893. The third kappa shape index (κ3) is 4.19. The molecular weight excluding hydrogens is 302 g/mol. The molecule has 0 radical (unpaired) electrons. The first kappa shape index (κ1) is 17.7. The van der Waals surface area contributed by atoms with Crippen LogP contribution in [0.15, 0.2) is 18.2 Å². The number of halogens is 2. The standard InChI is InChI=1S/C17H24F2N2O2/c1-10(2)16(12-4-5-14(18)15(19)8-12)20-17(23)21-7-6-13(9-21)11(3)22/h4-5,8,10-11,13,16,22H,6-7,9H2,1-3H3,(H,20,23)/t11-,13+,16-/m0/s1. The van der Waals surface area contributed by atoms with E-state index in [-0.39, 0.29) is 17.9 Å². The molecule has 1 aliphatic rings. The fraction of sp³-hybridized carbons (Fsp3) is 0.588. The molecule has 1 aromatic carbocycles. The van der Waals surface area contributed by atoms with Gasteiger partial charge in [-0.3, -0.25) is 0 Å². The van der Waals surface area contributed by atoms with Crippen LogP contribution in [0.5, 0.6) is 0 Å². The lowest BCUT2D eigenvalue weighted by atomic mass is 9.96. The SMILES string of the molecule is CC(C)[C@H](NC(=O)N1CC[C@@H]([C@H](C)O)C1)c1ccc(F)c(F)c1. The summed E-state index contributed by atoms with van der Waals surface area (Å²) in [5.41, 5.74) is 0.540. The van der Waals surface area contributed by atoms with E-state index in [1.165, 1.54) is 6.07 Å². The zero-order chi connectivity index (χ0) is 17.1. The van der Waals surface area contributed by atoms with Crippen molar-refractivity contribution in [1.82, 2.24) is 10.2 Å². The number of likely N-dealkylation sites (tertiary alicyclic amines) is 1. The summed E-state index contributed by atoms with van der Waals surface area (Å²) in [6.07, 6.45) is 0.322. The number of urea groups is 1. The van der Waals surface area contributed by atoms with Gasteiger partial charge in [-0.05, 0) is 37.0 Å². The molecule has 1 saturated heterocycles. The Hall–Kier alpha value is -1.69. The summed E-state index contributed by atoms with van der Waals surface area (Å²) in [5, 5.41) is 12.5. The minimum atomic E-state index is -0.919. The molecule has 2 amide bonds. The molecule has 0 bridgehead atoms. The number of benzene rings is 1. The summed E-state index contributed by atoms with van der Waals surface area (Å²) >= 11 is 0.